The van der Waals surface area contributed by atoms with Crippen LogP contribution in [0.25, 0.3) is 11.3 Å². The summed E-state index contributed by atoms with van der Waals surface area (Å²) in [6.07, 6.45) is 0. The van der Waals surface area contributed by atoms with Crippen molar-refractivity contribution < 1.29 is 13.2 Å². The second-order valence-electron chi connectivity index (χ2n) is 7.38. The van der Waals surface area contributed by atoms with Crippen molar-refractivity contribution in [3.05, 3.63) is 65.0 Å². The summed E-state index contributed by atoms with van der Waals surface area (Å²) in [7, 11) is -3.55. The number of aromatic nitrogens is 1. The third-order valence-corrected chi connectivity index (χ3v) is 7.88. The van der Waals surface area contributed by atoms with E-state index in [0.717, 1.165) is 11.3 Å². The Hall–Kier alpha value is -2.55. The number of rotatable bonds is 8. The highest BCUT2D eigenvalue weighted by molar-refractivity contribution is 7.89. The van der Waals surface area contributed by atoms with E-state index in [2.05, 4.69) is 36.3 Å². The van der Waals surface area contributed by atoms with Crippen molar-refractivity contribution in [2.45, 2.75) is 38.5 Å². The number of thiazole rings is 1. The summed E-state index contributed by atoms with van der Waals surface area (Å²) in [6, 6.07) is 14.2. The molecule has 0 unspecified atom stereocenters. The van der Waals surface area contributed by atoms with Crippen molar-refractivity contribution in [2.24, 2.45) is 0 Å². The number of benzene rings is 2. The lowest BCUT2D eigenvalue weighted by atomic mass is 10.0. The van der Waals surface area contributed by atoms with Crippen molar-refractivity contribution in [1.29, 1.82) is 0 Å². The molecule has 0 fully saturated rings. The molecule has 1 aromatic heterocycles. The molecule has 0 saturated heterocycles. The molecule has 164 valence electrons. The van der Waals surface area contributed by atoms with Crippen LogP contribution in [0.3, 0.4) is 0 Å². The third kappa shape index (κ3) is 5.20. The summed E-state index contributed by atoms with van der Waals surface area (Å²) >= 11 is 1.35. The van der Waals surface area contributed by atoms with Crippen LogP contribution in [0.15, 0.2) is 58.8 Å². The molecule has 2 aromatic carbocycles. The Balaban J connectivity index is 1.71. The Morgan fingerprint density at radius 3 is 2.19 bits per heavy atom. The van der Waals surface area contributed by atoms with E-state index in [1.165, 1.54) is 45.5 Å². The zero-order chi connectivity index (χ0) is 22.6. The normalized spacial score (nSPS) is 11.8. The molecule has 3 rings (SSSR count). The van der Waals surface area contributed by atoms with Crippen LogP contribution in [0, 0.1) is 0 Å². The van der Waals surface area contributed by atoms with Gasteiger partial charge in [0.2, 0.25) is 10.0 Å². The molecule has 0 aliphatic heterocycles. The van der Waals surface area contributed by atoms with Gasteiger partial charge in [0, 0.05) is 29.6 Å². The molecule has 0 atom stereocenters. The molecule has 0 radical (unpaired) electrons. The fraction of sp³-hybridized carbons (Fsp3) is 0.304. The zero-order valence-corrected chi connectivity index (χ0v) is 19.8. The Kier molecular flexibility index (Phi) is 7.25. The van der Waals surface area contributed by atoms with Gasteiger partial charge in [0.25, 0.3) is 5.91 Å². The van der Waals surface area contributed by atoms with Crippen LogP contribution >= 0.6 is 11.3 Å². The maximum Gasteiger partial charge on any atom is 0.257 e. The minimum Gasteiger partial charge on any atom is -0.298 e. The molecule has 8 heteroatoms. The summed E-state index contributed by atoms with van der Waals surface area (Å²) in [6.45, 7) is 8.68. The third-order valence-electron chi connectivity index (χ3n) is 5.06. The molecule has 1 N–H and O–H groups in total. The highest BCUT2D eigenvalue weighted by Crippen LogP contribution is 2.27. The molecule has 31 heavy (non-hydrogen) atoms. The molecule has 3 aromatic rings. The lowest BCUT2D eigenvalue weighted by Crippen LogP contribution is -2.30. The van der Waals surface area contributed by atoms with Gasteiger partial charge in [-0.2, -0.15) is 4.31 Å². The van der Waals surface area contributed by atoms with E-state index >= 15 is 0 Å². The van der Waals surface area contributed by atoms with Crippen LogP contribution in [0.5, 0.6) is 0 Å². The van der Waals surface area contributed by atoms with E-state index in [9.17, 15) is 13.2 Å². The topological polar surface area (TPSA) is 79.4 Å². The predicted molar refractivity (Wildman–Crippen MR) is 126 cm³/mol. The van der Waals surface area contributed by atoms with Crippen molar-refractivity contribution in [3.8, 4) is 11.3 Å². The van der Waals surface area contributed by atoms with Gasteiger partial charge in [-0.15, -0.1) is 11.3 Å². The van der Waals surface area contributed by atoms with Crippen LogP contribution in [0.4, 0.5) is 5.13 Å². The number of carbonyl (C=O) groups excluding carboxylic acids is 1. The number of hydrogen-bond acceptors (Lipinski definition) is 5. The SMILES string of the molecule is CCN(CC)S(=O)(=O)c1ccc(C(=O)Nc2nc(-c3ccc(C(C)C)cc3)cs2)cc1. The number of amides is 1. The first-order valence-electron chi connectivity index (χ1n) is 10.2. The van der Waals surface area contributed by atoms with Crippen molar-refractivity contribution in [1.82, 2.24) is 9.29 Å². The van der Waals surface area contributed by atoms with Crippen LogP contribution in [0.1, 0.15) is 49.5 Å². The van der Waals surface area contributed by atoms with E-state index in [4.69, 9.17) is 0 Å². The van der Waals surface area contributed by atoms with Crippen LogP contribution in [-0.2, 0) is 10.0 Å². The lowest BCUT2D eigenvalue weighted by Gasteiger charge is -2.18. The lowest BCUT2D eigenvalue weighted by molar-refractivity contribution is 0.102. The second-order valence-corrected chi connectivity index (χ2v) is 10.2. The van der Waals surface area contributed by atoms with Crippen LogP contribution < -0.4 is 5.32 Å². The van der Waals surface area contributed by atoms with Gasteiger partial charge in [0.15, 0.2) is 5.13 Å². The quantitative estimate of drug-likeness (QED) is 0.503. The first kappa shape index (κ1) is 23.1. The number of carbonyl (C=O) groups is 1. The largest absolute Gasteiger partial charge is 0.298 e. The summed E-state index contributed by atoms with van der Waals surface area (Å²) in [4.78, 5) is 17.3. The van der Waals surface area contributed by atoms with Crippen LogP contribution in [0.2, 0.25) is 0 Å². The smallest absolute Gasteiger partial charge is 0.257 e. The molecule has 6 nitrogen and oxygen atoms in total. The molecule has 0 bridgehead atoms. The van der Waals surface area contributed by atoms with Gasteiger partial charge in [-0.25, -0.2) is 13.4 Å². The average Bonchev–Trinajstić information content (AvgIpc) is 3.23. The minimum atomic E-state index is -3.55. The zero-order valence-electron chi connectivity index (χ0n) is 18.1. The molecular weight excluding hydrogens is 430 g/mol. The van der Waals surface area contributed by atoms with E-state index in [0.29, 0.717) is 29.7 Å². The average molecular weight is 458 g/mol. The van der Waals surface area contributed by atoms with Gasteiger partial charge >= 0.3 is 0 Å². The van der Waals surface area contributed by atoms with E-state index in [1.807, 2.05) is 17.5 Å². The summed E-state index contributed by atoms with van der Waals surface area (Å²) in [5, 5.41) is 5.19. The molecule has 1 amide bonds. The van der Waals surface area contributed by atoms with Gasteiger partial charge in [-0.05, 0) is 35.7 Å². The van der Waals surface area contributed by atoms with Crippen molar-refractivity contribution in [2.75, 3.05) is 18.4 Å². The number of hydrogen-bond donors (Lipinski definition) is 1. The Morgan fingerprint density at radius 2 is 1.65 bits per heavy atom. The van der Waals surface area contributed by atoms with Gasteiger partial charge in [0.1, 0.15) is 0 Å². The van der Waals surface area contributed by atoms with Gasteiger partial charge < -0.3 is 0 Å². The van der Waals surface area contributed by atoms with E-state index in [-0.39, 0.29) is 10.8 Å². The Morgan fingerprint density at radius 1 is 1.03 bits per heavy atom. The van der Waals surface area contributed by atoms with Crippen molar-refractivity contribution >= 4 is 32.4 Å². The second kappa shape index (κ2) is 9.72. The van der Waals surface area contributed by atoms with Crippen molar-refractivity contribution in [3.63, 3.8) is 0 Å². The minimum absolute atomic E-state index is 0.175. The van der Waals surface area contributed by atoms with E-state index in [1.54, 1.807) is 13.8 Å². The maximum atomic E-state index is 12.6. The molecule has 0 spiro atoms. The standard InChI is InChI=1S/C23H27N3O3S2/c1-5-26(6-2)31(28,29)20-13-11-19(12-14-20)22(27)25-23-24-21(15-30-23)18-9-7-17(8-10-18)16(3)4/h7-16H,5-6H2,1-4H3,(H,24,25,27). The number of nitrogens with zero attached hydrogens (tertiary/aromatic N) is 2. The van der Waals surface area contributed by atoms with E-state index < -0.39 is 10.0 Å². The summed E-state index contributed by atoms with van der Waals surface area (Å²) < 4.78 is 26.5. The fourth-order valence-electron chi connectivity index (χ4n) is 3.16. The van der Waals surface area contributed by atoms with Gasteiger partial charge in [-0.1, -0.05) is 52.0 Å². The Labute approximate surface area is 188 Å². The maximum absolute atomic E-state index is 12.6. The number of nitrogens with one attached hydrogen (secondary N) is 1. The molecule has 0 saturated carbocycles. The first-order chi connectivity index (χ1) is 14.8. The fourth-order valence-corrected chi connectivity index (χ4v) is 5.34. The summed E-state index contributed by atoms with van der Waals surface area (Å²) in [5.74, 6) is 0.135. The van der Waals surface area contributed by atoms with Crippen LogP contribution in [-0.4, -0.2) is 36.7 Å². The van der Waals surface area contributed by atoms with Gasteiger partial charge in [0.05, 0.1) is 10.6 Å². The highest BCUT2D eigenvalue weighted by Gasteiger charge is 2.21. The van der Waals surface area contributed by atoms with Gasteiger partial charge in [-0.3, -0.25) is 10.1 Å². The number of sulfonamides is 1. The molecule has 0 aliphatic rings. The Bertz CT molecular complexity index is 1130. The molecule has 0 aliphatic carbocycles. The number of anilines is 1. The first-order valence-corrected chi connectivity index (χ1v) is 12.6. The molecule has 1 heterocycles. The highest BCUT2D eigenvalue weighted by atomic mass is 32.2. The molecular formula is C23H27N3O3S2. The monoisotopic (exact) mass is 457 g/mol. The summed E-state index contributed by atoms with van der Waals surface area (Å²) in [5.41, 5.74) is 3.43. The predicted octanol–water partition coefficient (Wildman–Crippen LogP) is 5.22.